The van der Waals surface area contributed by atoms with Crippen LogP contribution in [-0.4, -0.2) is 4.57 Å². The largest absolute Gasteiger partial charge is 0.309 e. The van der Waals surface area contributed by atoms with Crippen LogP contribution in [0, 0.1) is 0 Å². The highest BCUT2D eigenvalue weighted by molar-refractivity contribution is 6.13. The summed E-state index contributed by atoms with van der Waals surface area (Å²) in [6.07, 6.45) is 0. The molecule has 3 aliphatic rings. The fourth-order valence-corrected chi connectivity index (χ4v) is 12.8. The van der Waals surface area contributed by atoms with Gasteiger partial charge in [-0.3, -0.25) is 0 Å². The summed E-state index contributed by atoms with van der Waals surface area (Å²) in [5.74, 6) is -0.0637. The van der Waals surface area contributed by atoms with E-state index < -0.39 is 5.41 Å². The molecule has 0 fully saturated rings. The molecule has 2 aliphatic carbocycles. The Morgan fingerprint density at radius 1 is 0.364 bits per heavy atom. The van der Waals surface area contributed by atoms with Crippen LogP contribution >= 0.6 is 0 Å². The Kier molecular flexibility index (Phi) is 7.79. The number of hydrogen-bond donors (Lipinski definition) is 0. The molecule has 2 unspecified atom stereocenters. The van der Waals surface area contributed by atoms with Crippen LogP contribution in [0.1, 0.15) is 69.8 Å². The summed E-state index contributed by atoms with van der Waals surface area (Å²) in [7, 11) is 0. The van der Waals surface area contributed by atoms with Gasteiger partial charge in [-0.05, 0) is 113 Å². The van der Waals surface area contributed by atoms with Crippen molar-refractivity contribution in [3.8, 4) is 50.2 Å². The van der Waals surface area contributed by atoms with Crippen LogP contribution in [0.4, 0.5) is 0 Å². The zero-order valence-electron chi connectivity index (χ0n) is 37.0. The monoisotopic (exact) mass is 839 g/mol. The lowest BCUT2D eigenvalue weighted by atomic mass is 9.63. The average molecular weight is 840 g/mol. The highest BCUT2D eigenvalue weighted by atomic mass is 15.0. The van der Waals surface area contributed by atoms with Gasteiger partial charge in [0.2, 0.25) is 0 Å². The van der Waals surface area contributed by atoms with E-state index in [1.165, 1.54) is 122 Å². The van der Waals surface area contributed by atoms with Gasteiger partial charge in [-0.25, -0.2) is 0 Å². The van der Waals surface area contributed by atoms with Gasteiger partial charge in [0.05, 0.1) is 22.1 Å². The fraction of sp³-hybridized carbons (Fsp3) is 0.0769. The molecule has 10 aromatic carbocycles. The van der Waals surface area contributed by atoms with Gasteiger partial charge in [0.1, 0.15) is 0 Å². The van der Waals surface area contributed by atoms with E-state index in [0.717, 1.165) is 0 Å². The molecule has 1 spiro atoms. The number of rotatable bonds is 5. The molecular weight excluding hydrogens is 795 g/mol. The Morgan fingerprint density at radius 3 is 1.77 bits per heavy atom. The van der Waals surface area contributed by atoms with Crippen molar-refractivity contribution in [2.75, 3.05) is 0 Å². The van der Waals surface area contributed by atoms with E-state index in [1.807, 2.05) is 0 Å². The van der Waals surface area contributed by atoms with Gasteiger partial charge in [-0.2, -0.15) is 0 Å². The summed E-state index contributed by atoms with van der Waals surface area (Å²) in [6, 6.07) is 87.3. The lowest BCUT2D eigenvalue weighted by molar-refractivity contribution is 0.660. The van der Waals surface area contributed by atoms with Gasteiger partial charge in [0.25, 0.3) is 0 Å². The van der Waals surface area contributed by atoms with Crippen molar-refractivity contribution in [1.82, 2.24) is 4.57 Å². The van der Waals surface area contributed by atoms with Gasteiger partial charge < -0.3 is 4.57 Å². The van der Waals surface area contributed by atoms with Crippen molar-refractivity contribution < 1.29 is 0 Å². The lowest BCUT2D eigenvalue weighted by Gasteiger charge is -2.40. The van der Waals surface area contributed by atoms with Gasteiger partial charge in [-0.15, -0.1) is 0 Å². The van der Waals surface area contributed by atoms with Crippen LogP contribution in [0.5, 0.6) is 0 Å². The van der Waals surface area contributed by atoms with Crippen LogP contribution in [0.25, 0.3) is 72.0 Å². The minimum absolute atomic E-state index is 0.0637. The fourth-order valence-electron chi connectivity index (χ4n) is 12.8. The van der Waals surface area contributed by atoms with Crippen molar-refractivity contribution in [3.63, 3.8) is 0 Å². The van der Waals surface area contributed by atoms with Crippen molar-refractivity contribution in [2.45, 2.75) is 30.6 Å². The highest BCUT2D eigenvalue weighted by Crippen LogP contribution is 2.63. The zero-order chi connectivity index (χ0) is 43.7. The molecule has 0 radical (unpaired) electrons. The first-order chi connectivity index (χ1) is 32.5. The van der Waals surface area contributed by atoms with Gasteiger partial charge >= 0.3 is 0 Å². The van der Waals surface area contributed by atoms with Gasteiger partial charge in [0, 0.05) is 22.1 Å². The van der Waals surface area contributed by atoms with Crippen molar-refractivity contribution in [3.05, 3.63) is 281 Å². The number of aromatic nitrogens is 1. The maximum Gasteiger partial charge on any atom is 0.0760 e. The van der Waals surface area contributed by atoms with E-state index in [4.69, 9.17) is 0 Å². The first-order valence-electron chi connectivity index (χ1n) is 23.4. The first-order valence-corrected chi connectivity index (χ1v) is 23.4. The molecule has 0 bridgehead atoms. The number of hydrogen-bond acceptors (Lipinski definition) is 0. The SMILES string of the molecule is CC1(C)c2ccccc2-c2cc(C(c3cccc(-c4ccccc4)c3)c3ccccc3-c3cccc4c3C3(c5ccccc5-4)c4ccccc4-n4c5ccccc5c5cccc3c54)ccc21. The smallest absolute Gasteiger partial charge is 0.0760 e. The number of nitrogens with zero attached hydrogens (tertiary/aromatic N) is 1. The van der Waals surface area contributed by atoms with Crippen LogP contribution in [-0.2, 0) is 10.8 Å². The Balaban J connectivity index is 1.07. The van der Waals surface area contributed by atoms with Crippen molar-refractivity contribution in [2.24, 2.45) is 0 Å². The minimum Gasteiger partial charge on any atom is -0.309 e. The second-order valence-corrected chi connectivity index (χ2v) is 19.1. The lowest BCUT2D eigenvalue weighted by Crippen LogP contribution is -2.34. The predicted molar refractivity (Wildman–Crippen MR) is 274 cm³/mol. The van der Waals surface area contributed by atoms with Crippen molar-refractivity contribution in [1.29, 1.82) is 0 Å². The summed E-state index contributed by atoms with van der Waals surface area (Å²) in [6.45, 7) is 4.75. The van der Waals surface area contributed by atoms with E-state index in [2.05, 4.69) is 249 Å². The quantitative estimate of drug-likeness (QED) is 0.152. The molecule has 1 aliphatic heterocycles. The van der Waals surface area contributed by atoms with Crippen LogP contribution in [0.2, 0.25) is 0 Å². The van der Waals surface area contributed by atoms with E-state index in [9.17, 15) is 0 Å². The van der Waals surface area contributed by atoms with Crippen molar-refractivity contribution >= 4 is 21.8 Å². The molecule has 14 rings (SSSR count). The number of para-hydroxylation sites is 3. The van der Waals surface area contributed by atoms with E-state index in [1.54, 1.807) is 0 Å². The van der Waals surface area contributed by atoms with E-state index in [-0.39, 0.29) is 11.3 Å². The molecule has 310 valence electrons. The molecule has 0 amide bonds. The van der Waals surface area contributed by atoms with Gasteiger partial charge in [0.15, 0.2) is 0 Å². The topological polar surface area (TPSA) is 4.93 Å². The summed E-state index contributed by atoms with van der Waals surface area (Å²) < 4.78 is 2.54. The van der Waals surface area contributed by atoms with Crippen LogP contribution in [0.3, 0.4) is 0 Å². The molecule has 1 heteroatoms. The van der Waals surface area contributed by atoms with Crippen LogP contribution < -0.4 is 0 Å². The summed E-state index contributed by atoms with van der Waals surface area (Å²) in [4.78, 5) is 0. The molecular formula is C65H45N. The molecule has 66 heavy (non-hydrogen) atoms. The maximum absolute atomic E-state index is 2.54. The normalized spacial score (nSPS) is 16.2. The molecule has 0 saturated carbocycles. The first kappa shape index (κ1) is 37.4. The van der Waals surface area contributed by atoms with E-state index >= 15 is 0 Å². The van der Waals surface area contributed by atoms with Gasteiger partial charge in [-0.1, -0.05) is 226 Å². The number of benzene rings is 10. The third-order valence-corrected chi connectivity index (χ3v) is 15.5. The highest BCUT2D eigenvalue weighted by Gasteiger charge is 2.52. The Labute approximate surface area is 385 Å². The predicted octanol–water partition coefficient (Wildman–Crippen LogP) is 16.3. The second kappa shape index (κ2) is 13.8. The molecule has 1 aromatic heterocycles. The van der Waals surface area contributed by atoms with Crippen LogP contribution in [0.15, 0.2) is 231 Å². The minimum atomic E-state index is -0.582. The average Bonchev–Trinajstić information content (AvgIpc) is 3.96. The van der Waals surface area contributed by atoms with E-state index in [0.29, 0.717) is 0 Å². The third-order valence-electron chi connectivity index (χ3n) is 15.5. The summed E-state index contributed by atoms with van der Waals surface area (Å²) in [5, 5.41) is 2.58. The third kappa shape index (κ3) is 4.90. The molecule has 1 nitrogen and oxygen atoms in total. The zero-order valence-corrected chi connectivity index (χ0v) is 37.0. The molecule has 0 N–H and O–H groups in total. The summed E-state index contributed by atoms with van der Waals surface area (Å²) >= 11 is 0. The Bertz CT molecular complexity index is 3810. The number of fused-ring (bicyclic) bond motifs is 15. The summed E-state index contributed by atoms with van der Waals surface area (Å²) in [5.41, 5.74) is 25.4. The molecule has 2 heterocycles. The standard InChI is InChI=1S/C65H45N/c1-64(2)54-31-11-8-25-47(54)53-40-44(37-38-55(53)64)61(43-22-16-21-42(39-43)41-19-4-3-5-20-41)49-27-7-6-23-45(49)50-28-17-29-51-46-24-9-12-32-56(46)65(62(50)51)57-33-13-15-36-60(57)66-59-35-14-10-26-48(59)52-30-18-34-58(65)63(52)66/h3-40,61H,1-2H3. The Morgan fingerprint density at radius 2 is 0.924 bits per heavy atom. The maximum atomic E-state index is 2.54. The molecule has 11 aromatic rings. The Hall–Kier alpha value is -8.00. The second-order valence-electron chi connectivity index (χ2n) is 19.1. The molecule has 0 saturated heterocycles. The molecule has 2 atom stereocenters.